The average molecular weight is 415 g/mol. The molecule has 1 aliphatic heterocycles. The molecule has 2 amide bonds. The number of primary amides is 1. The third kappa shape index (κ3) is 3.13. The lowest BCUT2D eigenvalue weighted by Crippen LogP contribution is -2.30. The first kappa shape index (κ1) is 19.0. The molecule has 0 spiro atoms. The number of imidazole rings is 1. The van der Waals surface area contributed by atoms with Gasteiger partial charge in [0, 0.05) is 13.3 Å². The molecule has 0 fully saturated rings. The lowest BCUT2D eigenvalue weighted by atomic mass is 10.1. The van der Waals surface area contributed by atoms with E-state index < -0.39 is 27.7 Å². The lowest BCUT2D eigenvalue weighted by molar-refractivity contribution is 0.0939. The van der Waals surface area contributed by atoms with Gasteiger partial charge in [0.15, 0.2) is 21.2 Å². The van der Waals surface area contributed by atoms with Crippen LogP contribution in [0.3, 0.4) is 0 Å². The predicted molar refractivity (Wildman–Crippen MR) is 101 cm³/mol. The van der Waals surface area contributed by atoms with Crippen LogP contribution in [0.15, 0.2) is 41.4 Å². The number of ether oxygens (including phenoxy) is 1. The van der Waals surface area contributed by atoms with Gasteiger partial charge in [0.25, 0.3) is 11.8 Å². The highest BCUT2D eigenvalue weighted by Crippen LogP contribution is 2.33. The lowest BCUT2D eigenvalue weighted by Gasteiger charge is -2.13. The van der Waals surface area contributed by atoms with E-state index in [1.807, 2.05) is 0 Å². The number of nitrogens with zero attached hydrogens (tertiary/aromatic N) is 3. The molecule has 1 unspecified atom stereocenters. The molecule has 29 heavy (non-hydrogen) atoms. The van der Waals surface area contributed by atoms with E-state index in [1.165, 1.54) is 30.0 Å². The minimum Gasteiger partial charge on any atom is -0.378 e. The molecule has 0 aliphatic carbocycles. The van der Waals surface area contributed by atoms with Gasteiger partial charge in [-0.05, 0) is 17.7 Å². The Labute approximate surface area is 165 Å². The monoisotopic (exact) mass is 415 g/mol. The summed E-state index contributed by atoms with van der Waals surface area (Å²) < 4.78 is 30.9. The van der Waals surface area contributed by atoms with E-state index in [1.54, 1.807) is 18.2 Å². The highest BCUT2D eigenvalue weighted by Gasteiger charge is 2.35. The zero-order chi connectivity index (χ0) is 20.8. The van der Waals surface area contributed by atoms with E-state index in [0.717, 1.165) is 0 Å². The number of hydrogen-bond donors (Lipinski definition) is 2. The van der Waals surface area contributed by atoms with Crippen LogP contribution in [0.2, 0.25) is 0 Å². The van der Waals surface area contributed by atoms with Gasteiger partial charge in [-0.2, -0.15) is 5.10 Å². The van der Waals surface area contributed by atoms with Crippen molar-refractivity contribution in [3.8, 4) is 0 Å². The fraction of sp³-hybridized carbons (Fsp3) is 0.222. The summed E-state index contributed by atoms with van der Waals surface area (Å²) in [5, 5.41) is 6.80. The molecule has 0 saturated heterocycles. The first-order chi connectivity index (χ1) is 13.8. The van der Waals surface area contributed by atoms with Gasteiger partial charge < -0.3 is 15.8 Å². The number of fused-ring (bicyclic) bond motifs is 2. The van der Waals surface area contributed by atoms with Gasteiger partial charge in [-0.25, -0.2) is 17.9 Å². The standard InChI is InChI=1S/C18H17N5O5S/c1-28-8-12-15(16(19)24)23-17(21-12)11(6-7-20-23)18(25)22-13-9-29(26,27)14-5-3-2-4-10(13)14/h2-7,13H,8-9H2,1H3,(H2,19,24)(H,22,25). The smallest absolute Gasteiger partial charge is 0.269 e. The van der Waals surface area contributed by atoms with E-state index in [2.05, 4.69) is 15.4 Å². The zero-order valence-corrected chi connectivity index (χ0v) is 16.1. The molecule has 1 atom stereocenters. The summed E-state index contributed by atoms with van der Waals surface area (Å²) in [7, 11) is -2.03. The number of carbonyl (C=O) groups is 2. The molecule has 0 radical (unpaired) electrons. The number of sulfone groups is 1. The number of hydrogen-bond acceptors (Lipinski definition) is 7. The maximum absolute atomic E-state index is 12.9. The van der Waals surface area contributed by atoms with Gasteiger partial charge in [0.1, 0.15) is 5.69 Å². The molecular formula is C18H17N5O5S. The van der Waals surface area contributed by atoms with Crippen LogP contribution >= 0.6 is 0 Å². The van der Waals surface area contributed by atoms with Crippen LogP contribution in [0.5, 0.6) is 0 Å². The summed E-state index contributed by atoms with van der Waals surface area (Å²) in [6, 6.07) is 7.29. The van der Waals surface area contributed by atoms with Crippen molar-refractivity contribution in [3.63, 3.8) is 0 Å². The van der Waals surface area contributed by atoms with Crippen molar-refractivity contribution < 1.29 is 22.7 Å². The number of carbonyl (C=O) groups excluding carboxylic acids is 2. The highest BCUT2D eigenvalue weighted by atomic mass is 32.2. The van der Waals surface area contributed by atoms with Crippen LogP contribution in [0, 0.1) is 0 Å². The summed E-state index contributed by atoms with van der Waals surface area (Å²) in [5.41, 5.74) is 6.49. The molecule has 1 aliphatic rings. The largest absolute Gasteiger partial charge is 0.378 e. The Bertz CT molecular complexity index is 1250. The topological polar surface area (TPSA) is 146 Å². The molecule has 150 valence electrons. The van der Waals surface area contributed by atoms with E-state index in [4.69, 9.17) is 10.5 Å². The maximum atomic E-state index is 12.9. The molecule has 4 rings (SSSR count). The molecular weight excluding hydrogens is 398 g/mol. The van der Waals surface area contributed by atoms with E-state index in [0.29, 0.717) is 5.56 Å². The number of nitrogens with one attached hydrogen (secondary N) is 1. The van der Waals surface area contributed by atoms with Gasteiger partial charge in [0.2, 0.25) is 0 Å². The van der Waals surface area contributed by atoms with Crippen molar-refractivity contribution in [2.75, 3.05) is 12.9 Å². The Kier molecular flexibility index (Phi) is 4.55. The van der Waals surface area contributed by atoms with Crippen LogP contribution in [0.25, 0.3) is 5.65 Å². The molecule has 3 heterocycles. The van der Waals surface area contributed by atoms with Crippen molar-refractivity contribution in [2.24, 2.45) is 5.73 Å². The number of methoxy groups -OCH3 is 1. The Morgan fingerprint density at radius 1 is 1.31 bits per heavy atom. The third-order valence-electron chi connectivity index (χ3n) is 4.67. The van der Waals surface area contributed by atoms with Crippen molar-refractivity contribution in [1.29, 1.82) is 0 Å². The molecule has 10 nitrogen and oxygen atoms in total. The SMILES string of the molecule is COCc1nc2c(C(=O)NC3CS(=O)(=O)c4ccccc43)ccnn2c1C(N)=O. The first-order valence-electron chi connectivity index (χ1n) is 8.61. The molecule has 2 aromatic heterocycles. The second-order valence-electron chi connectivity index (χ2n) is 6.53. The van der Waals surface area contributed by atoms with Gasteiger partial charge >= 0.3 is 0 Å². The normalized spacial score (nSPS) is 17.2. The molecule has 3 N–H and O–H groups in total. The third-order valence-corrected chi connectivity index (χ3v) is 6.48. The summed E-state index contributed by atoms with van der Waals surface area (Å²) in [6.07, 6.45) is 1.34. The Balaban J connectivity index is 1.74. The van der Waals surface area contributed by atoms with Gasteiger partial charge in [-0.1, -0.05) is 18.2 Å². The Morgan fingerprint density at radius 3 is 2.79 bits per heavy atom. The van der Waals surface area contributed by atoms with E-state index in [9.17, 15) is 18.0 Å². The van der Waals surface area contributed by atoms with Crippen LogP contribution in [0.4, 0.5) is 0 Å². The summed E-state index contributed by atoms with van der Waals surface area (Å²) in [5.74, 6) is -1.53. The molecule has 1 aromatic carbocycles. The molecule has 3 aromatic rings. The zero-order valence-electron chi connectivity index (χ0n) is 15.3. The fourth-order valence-corrected chi connectivity index (χ4v) is 5.20. The summed E-state index contributed by atoms with van der Waals surface area (Å²) in [4.78, 5) is 29.3. The first-order valence-corrected chi connectivity index (χ1v) is 10.3. The summed E-state index contributed by atoms with van der Waals surface area (Å²) >= 11 is 0. The molecule has 0 saturated carbocycles. The van der Waals surface area contributed by atoms with Crippen LogP contribution in [-0.2, 0) is 21.2 Å². The quantitative estimate of drug-likeness (QED) is 0.607. The number of nitrogens with two attached hydrogens (primary N) is 1. The van der Waals surface area contributed by atoms with Gasteiger partial charge in [0.05, 0.1) is 28.9 Å². The minimum atomic E-state index is -3.47. The maximum Gasteiger partial charge on any atom is 0.269 e. The number of rotatable bonds is 5. The van der Waals surface area contributed by atoms with Crippen molar-refractivity contribution in [2.45, 2.75) is 17.5 Å². The van der Waals surface area contributed by atoms with Crippen LogP contribution < -0.4 is 11.1 Å². The summed E-state index contributed by atoms with van der Waals surface area (Å²) in [6.45, 7) is 0.0108. The van der Waals surface area contributed by atoms with Gasteiger partial charge in [-0.15, -0.1) is 0 Å². The Hall–Kier alpha value is -3.31. The predicted octanol–water partition coefficient (Wildman–Crippen LogP) is 0.233. The number of aromatic nitrogens is 3. The minimum absolute atomic E-state index is 0.0108. The van der Waals surface area contributed by atoms with Crippen molar-refractivity contribution in [1.82, 2.24) is 19.9 Å². The van der Waals surface area contributed by atoms with Crippen LogP contribution in [-0.4, -0.2) is 47.7 Å². The molecule has 11 heteroatoms. The second-order valence-corrected chi connectivity index (χ2v) is 8.53. The Morgan fingerprint density at radius 2 is 2.07 bits per heavy atom. The second kappa shape index (κ2) is 6.94. The van der Waals surface area contributed by atoms with Crippen molar-refractivity contribution >= 4 is 27.3 Å². The van der Waals surface area contributed by atoms with E-state index in [-0.39, 0.29) is 39.9 Å². The highest BCUT2D eigenvalue weighted by molar-refractivity contribution is 7.91. The van der Waals surface area contributed by atoms with Crippen molar-refractivity contribution in [3.05, 3.63) is 59.0 Å². The molecule has 0 bridgehead atoms. The number of benzene rings is 1. The van der Waals surface area contributed by atoms with Crippen LogP contribution in [0.1, 0.15) is 38.1 Å². The fourth-order valence-electron chi connectivity index (χ4n) is 3.46. The van der Waals surface area contributed by atoms with Gasteiger partial charge in [-0.3, -0.25) is 9.59 Å². The number of amides is 2. The van der Waals surface area contributed by atoms with E-state index >= 15 is 0 Å². The average Bonchev–Trinajstić information content (AvgIpc) is 3.17.